The predicted octanol–water partition coefficient (Wildman–Crippen LogP) is 6.71. The number of hydrogen-bond donors (Lipinski definition) is 2. The fraction of sp³-hybridized carbons (Fsp3) is 0.429. The van der Waals surface area contributed by atoms with Crippen LogP contribution in [0.25, 0.3) is 10.8 Å². The highest BCUT2D eigenvalue weighted by atomic mass is 19.1. The van der Waals surface area contributed by atoms with Gasteiger partial charge in [-0.1, -0.05) is 43.8 Å². The lowest BCUT2D eigenvalue weighted by Gasteiger charge is -2.28. The molecule has 1 fully saturated rings. The summed E-state index contributed by atoms with van der Waals surface area (Å²) < 4.78 is 22.6. The summed E-state index contributed by atoms with van der Waals surface area (Å²) >= 11 is 0. The Morgan fingerprint density at radius 3 is 2.52 bits per heavy atom. The number of amides is 1. The number of Topliss-reactive ketones (excluding diaryl/α,β-unsaturated/α-hetero) is 1. The van der Waals surface area contributed by atoms with E-state index in [9.17, 15) is 9.59 Å². The van der Waals surface area contributed by atoms with Crippen molar-refractivity contribution in [3.05, 3.63) is 88.9 Å². The highest BCUT2D eigenvalue weighted by Gasteiger charge is 2.25. The number of rotatable bonds is 14. The average molecular weight is 576 g/mol. The Hall–Kier alpha value is -3.71. The topological polar surface area (TPSA) is 70.7 Å². The van der Waals surface area contributed by atoms with Gasteiger partial charge in [0.15, 0.2) is 5.78 Å². The van der Waals surface area contributed by atoms with Crippen LogP contribution in [-0.4, -0.2) is 55.4 Å². The minimum atomic E-state index is -0.659. The van der Waals surface area contributed by atoms with Crippen molar-refractivity contribution < 1.29 is 18.7 Å². The zero-order chi connectivity index (χ0) is 30.8. The summed E-state index contributed by atoms with van der Waals surface area (Å²) in [5, 5.41) is 8.39. The average Bonchev–Trinajstić information content (AvgIpc) is 3.46. The summed E-state index contributed by atoms with van der Waals surface area (Å²) in [4.78, 5) is 28.3. The summed E-state index contributed by atoms with van der Waals surface area (Å²) in [6.07, 6.45) is 5.80. The standard InChI is InChI=1S/C35H46FN3O3/c1-8-19-39(7)33(25(6)42-32-21-27-14-11-10-13-26(27)20-24(32)5)31(36)22-30(23(3)4)34(40)29(9-2)35(41)38-18-16-28-15-12-17-37-28/h9-11,13-14,20-22,25,28,37H,3,8,12,15-19H2,1-2,4-7H3,(H,38,41)/b29-9+,30-22+,33-31-. The van der Waals surface area contributed by atoms with E-state index in [1.54, 1.807) is 20.8 Å². The highest BCUT2D eigenvalue weighted by Crippen LogP contribution is 2.29. The van der Waals surface area contributed by atoms with Gasteiger partial charge in [0.05, 0.1) is 11.3 Å². The first-order valence-electron chi connectivity index (χ1n) is 14.9. The van der Waals surface area contributed by atoms with Gasteiger partial charge >= 0.3 is 0 Å². The first-order valence-corrected chi connectivity index (χ1v) is 14.9. The third kappa shape index (κ3) is 8.41. The molecule has 0 spiro atoms. The monoisotopic (exact) mass is 575 g/mol. The van der Waals surface area contributed by atoms with E-state index in [2.05, 4.69) is 23.3 Å². The Morgan fingerprint density at radius 2 is 1.93 bits per heavy atom. The molecule has 1 aliphatic rings. The van der Waals surface area contributed by atoms with Crippen LogP contribution >= 0.6 is 0 Å². The van der Waals surface area contributed by atoms with Crippen molar-refractivity contribution in [2.75, 3.05) is 26.7 Å². The number of halogens is 1. The van der Waals surface area contributed by atoms with Crippen LogP contribution in [0.4, 0.5) is 4.39 Å². The Bertz CT molecular complexity index is 1390. The normalized spacial score (nSPS) is 17.1. The number of aryl methyl sites for hydroxylation is 1. The lowest BCUT2D eigenvalue weighted by atomic mass is 9.96. The number of benzene rings is 2. The molecule has 3 rings (SSSR count). The smallest absolute Gasteiger partial charge is 0.254 e. The number of nitrogens with zero attached hydrogens (tertiary/aromatic N) is 1. The van der Waals surface area contributed by atoms with Crippen molar-refractivity contribution in [1.82, 2.24) is 15.5 Å². The molecule has 1 saturated heterocycles. The van der Waals surface area contributed by atoms with Crippen LogP contribution in [0.2, 0.25) is 0 Å². The van der Waals surface area contributed by atoms with Gasteiger partial charge in [0, 0.05) is 31.8 Å². The van der Waals surface area contributed by atoms with Crippen molar-refractivity contribution in [2.24, 2.45) is 0 Å². The van der Waals surface area contributed by atoms with Gasteiger partial charge in [0.2, 0.25) is 0 Å². The number of allylic oxidation sites excluding steroid dienone is 5. The van der Waals surface area contributed by atoms with Crippen molar-refractivity contribution in [2.45, 2.75) is 72.4 Å². The quantitative estimate of drug-likeness (QED) is 0.113. The Balaban J connectivity index is 1.90. The van der Waals surface area contributed by atoms with E-state index in [0.717, 1.165) is 48.6 Å². The molecule has 1 aliphatic heterocycles. The van der Waals surface area contributed by atoms with Crippen LogP contribution in [-0.2, 0) is 9.59 Å². The lowest BCUT2D eigenvalue weighted by molar-refractivity contribution is -0.121. The summed E-state index contributed by atoms with van der Waals surface area (Å²) in [7, 11) is 1.81. The molecule has 2 unspecified atom stereocenters. The van der Waals surface area contributed by atoms with Crippen LogP contribution in [0.5, 0.6) is 5.75 Å². The first-order chi connectivity index (χ1) is 20.1. The first kappa shape index (κ1) is 32.8. The van der Waals surface area contributed by atoms with Crippen LogP contribution < -0.4 is 15.4 Å². The number of hydrogen-bond acceptors (Lipinski definition) is 5. The van der Waals surface area contributed by atoms with Crippen molar-refractivity contribution in [3.8, 4) is 5.75 Å². The highest BCUT2D eigenvalue weighted by molar-refractivity contribution is 6.26. The van der Waals surface area contributed by atoms with E-state index in [1.165, 1.54) is 12.2 Å². The Morgan fingerprint density at radius 1 is 1.24 bits per heavy atom. The van der Waals surface area contributed by atoms with E-state index < -0.39 is 23.6 Å². The summed E-state index contributed by atoms with van der Waals surface area (Å²) in [5.74, 6) is -0.972. The van der Waals surface area contributed by atoms with Crippen LogP contribution in [0, 0.1) is 6.92 Å². The molecule has 7 heteroatoms. The third-order valence-corrected chi connectivity index (χ3v) is 7.64. The van der Waals surface area contributed by atoms with Gasteiger partial charge in [0.25, 0.3) is 5.91 Å². The molecular formula is C35H46FN3O3. The number of likely N-dealkylation sites (N-methyl/N-ethyl adjacent to an activating group) is 1. The van der Waals surface area contributed by atoms with E-state index in [1.807, 2.05) is 56.1 Å². The third-order valence-electron chi connectivity index (χ3n) is 7.64. The van der Waals surface area contributed by atoms with Gasteiger partial charge in [-0.3, -0.25) is 9.59 Å². The number of ether oxygens (including phenoxy) is 1. The van der Waals surface area contributed by atoms with Gasteiger partial charge in [-0.15, -0.1) is 0 Å². The molecule has 0 radical (unpaired) electrons. The Labute approximate surface area is 250 Å². The van der Waals surface area contributed by atoms with Gasteiger partial charge in [-0.05, 0) is 100 Å². The predicted molar refractivity (Wildman–Crippen MR) is 170 cm³/mol. The molecule has 0 bridgehead atoms. The lowest BCUT2D eigenvalue weighted by Crippen LogP contribution is -2.33. The van der Waals surface area contributed by atoms with Crippen molar-refractivity contribution >= 4 is 22.5 Å². The molecule has 226 valence electrons. The number of carbonyl (C=O) groups is 2. The van der Waals surface area contributed by atoms with Gasteiger partial charge < -0.3 is 20.3 Å². The second-order valence-corrected chi connectivity index (χ2v) is 11.1. The van der Waals surface area contributed by atoms with Crippen molar-refractivity contribution in [1.29, 1.82) is 0 Å². The second-order valence-electron chi connectivity index (χ2n) is 11.1. The zero-order valence-electron chi connectivity index (χ0n) is 26.0. The molecular weight excluding hydrogens is 529 g/mol. The van der Waals surface area contributed by atoms with E-state index in [4.69, 9.17) is 4.74 Å². The van der Waals surface area contributed by atoms with Crippen LogP contribution in [0.3, 0.4) is 0 Å². The molecule has 1 amide bonds. The summed E-state index contributed by atoms with van der Waals surface area (Å²) in [6, 6.07) is 12.4. The fourth-order valence-corrected chi connectivity index (χ4v) is 5.40. The summed E-state index contributed by atoms with van der Waals surface area (Å²) in [6.45, 7) is 15.0. The largest absolute Gasteiger partial charge is 0.484 e. The molecule has 1 heterocycles. The molecule has 6 nitrogen and oxygen atoms in total. The molecule has 42 heavy (non-hydrogen) atoms. The second kappa shape index (κ2) is 15.5. The van der Waals surface area contributed by atoms with E-state index in [-0.39, 0.29) is 11.1 Å². The van der Waals surface area contributed by atoms with Gasteiger partial charge in [-0.25, -0.2) is 4.39 Å². The van der Waals surface area contributed by atoms with Crippen LogP contribution in [0.15, 0.2) is 83.4 Å². The Kier molecular flexibility index (Phi) is 12.1. The fourth-order valence-electron chi connectivity index (χ4n) is 5.40. The number of ketones is 1. The molecule has 2 N–H and O–H groups in total. The molecule has 2 aromatic rings. The van der Waals surface area contributed by atoms with E-state index in [0.29, 0.717) is 36.2 Å². The summed E-state index contributed by atoms with van der Waals surface area (Å²) in [5.41, 5.74) is 1.64. The molecule has 0 saturated carbocycles. The molecule has 2 aromatic carbocycles. The molecule has 0 aliphatic carbocycles. The maximum atomic E-state index is 16.2. The van der Waals surface area contributed by atoms with Gasteiger partial charge in [-0.2, -0.15) is 0 Å². The maximum Gasteiger partial charge on any atom is 0.254 e. The number of fused-ring (bicyclic) bond motifs is 1. The minimum absolute atomic E-state index is 0.0315. The number of carbonyl (C=O) groups excluding carboxylic acids is 2. The minimum Gasteiger partial charge on any atom is -0.484 e. The van der Waals surface area contributed by atoms with E-state index >= 15 is 4.39 Å². The van der Waals surface area contributed by atoms with Crippen molar-refractivity contribution in [3.63, 3.8) is 0 Å². The maximum absolute atomic E-state index is 16.2. The molecule has 2 atom stereocenters. The van der Waals surface area contributed by atoms with Crippen LogP contribution in [0.1, 0.15) is 58.9 Å². The molecule has 0 aromatic heterocycles. The zero-order valence-corrected chi connectivity index (χ0v) is 26.0. The number of nitrogens with one attached hydrogen (secondary N) is 2. The van der Waals surface area contributed by atoms with Gasteiger partial charge in [0.1, 0.15) is 17.7 Å². The SMILES string of the molecule is C=C(C)/C(=C\C(F)=C(/C(C)Oc1cc2ccccc2cc1C)N(C)CCC)C(=O)/C(=C\C)C(=O)NCCC1CCCN1.